The van der Waals surface area contributed by atoms with Gasteiger partial charge in [0.05, 0.1) is 6.54 Å². The van der Waals surface area contributed by atoms with Crippen molar-refractivity contribution >= 4 is 23.6 Å². The minimum absolute atomic E-state index is 0.0705. The van der Waals surface area contributed by atoms with E-state index in [0.29, 0.717) is 16.4 Å². The number of benzene rings is 1. The minimum Gasteiger partial charge on any atom is -0.454 e. The molecule has 1 aromatic rings. The summed E-state index contributed by atoms with van der Waals surface area (Å²) in [5.41, 5.74) is 0.254. The molecule has 2 aliphatic rings. The highest BCUT2D eigenvalue weighted by molar-refractivity contribution is 6.45. The van der Waals surface area contributed by atoms with E-state index < -0.39 is 30.2 Å². The Morgan fingerprint density at radius 3 is 2.57 bits per heavy atom. The van der Waals surface area contributed by atoms with Crippen LogP contribution >= 0.6 is 0 Å². The third-order valence-electron chi connectivity index (χ3n) is 3.44. The quantitative estimate of drug-likeness (QED) is 0.341. The van der Waals surface area contributed by atoms with Crippen molar-refractivity contribution in [3.8, 4) is 11.5 Å². The standard InChI is InChI=1S/C15H12N2O6/c1-2-5-16-13(19)14(20)17(15(16)21)7-10(18)9-3-4-11-12(6-9)23-8-22-11/h2-4,6H,1,5,7-8H2. The van der Waals surface area contributed by atoms with Gasteiger partial charge in [0, 0.05) is 12.1 Å². The number of carbonyl (C=O) groups is 4. The molecule has 0 spiro atoms. The first-order valence-electron chi connectivity index (χ1n) is 6.74. The van der Waals surface area contributed by atoms with Gasteiger partial charge in [0.1, 0.15) is 0 Å². The SMILES string of the molecule is C=CCN1C(=O)C(=O)N(CC(=O)c2ccc3c(c2)OCO3)C1=O. The Morgan fingerprint density at radius 1 is 1.13 bits per heavy atom. The Balaban J connectivity index is 1.77. The smallest absolute Gasteiger partial charge is 0.334 e. The van der Waals surface area contributed by atoms with Crippen molar-refractivity contribution in [2.45, 2.75) is 0 Å². The van der Waals surface area contributed by atoms with Crippen LogP contribution in [0.2, 0.25) is 0 Å². The number of urea groups is 1. The van der Waals surface area contributed by atoms with Crippen molar-refractivity contribution in [1.82, 2.24) is 9.80 Å². The lowest BCUT2D eigenvalue weighted by Gasteiger charge is -2.13. The van der Waals surface area contributed by atoms with E-state index in [9.17, 15) is 19.2 Å². The number of amides is 4. The van der Waals surface area contributed by atoms with Crippen molar-refractivity contribution < 1.29 is 28.7 Å². The second-order valence-electron chi connectivity index (χ2n) is 4.87. The summed E-state index contributed by atoms with van der Waals surface area (Å²) in [6, 6.07) is 3.72. The van der Waals surface area contributed by atoms with Gasteiger partial charge in [-0.1, -0.05) is 6.08 Å². The van der Waals surface area contributed by atoms with Crippen LogP contribution in [0.1, 0.15) is 10.4 Å². The summed E-state index contributed by atoms with van der Waals surface area (Å²) in [5, 5.41) is 0. The maximum absolute atomic E-state index is 12.3. The summed E-state index contributed by atoms with van der Waals surface area (Å²) in [6.07, 6.45) is 1.33. The van der Waals surface area contributed by atoms with E-state index in [4.69, 9.17) is 9.47 Å². The summed E-state index contributed by atoms with van der Waals surface area (Å²) in [7, 11) is 0. The van der Waals surface area contributed by atoms with Gasteiger partial charge in [-0.05, 0) is 18.2 Å². The zero-order valence-corrected chi connectivity index (χ0v) is 12.0. The molecule has 1 aromatic carbocycles. The highest BCUT2D eigenvalue weighted by atomic mass is 16.7. The molecule has 0 aromatic heterocycles. The maximum Gasteiger partial charge on any atom is 0.334 e. The van der Waals surface area contributed by atoms with Crippen molar-refractivity contribution in [3.05, 3.63) is 36.4 Å². The normalized spacial score (nSPS) is 16.3. The van der Waals surface area contributed by atoms with Crippen LogP contribution in [-0.4, -0.2) is 53.3 Å². The molecule has 4 amide bonds. The highest BCUT2D eigenvalue weighted by Gasteiger charge is 2.44. The molecule has 0 bridgehead atoms. The van der Waals surface area contributed by atoms with Gasteiger partial charge in [0.15, 0.2) is 17.3 Å². The highest BCUT2D eigenvalue weighted by Crippen LogP contribution is 2.32. The fourth-order valence-electron chi connectivity index (χ4n) is 2.28. The molecule has 0 radical (unpaired) electrons. The van der Waals surface area contributed by atoms with Crippen LogP contribution in [0.3, 0.4) is 0 Å². The van der Waals surface area contributed by atoms with Gasteiger partial charge in [0.25, 0.3) is 0 Å². The summed E-state index contributed by atoms with van der Waals surface area (Å²) in [4.78, 5) is 49.2. The molecule has 1 fully saturated rings. The van der Waals surface area contributed by atoms with E-state index in [1.807, 2.05) is 0 Å². The number of fused-ring (bicyclic) bond motifs is 1. The molecule has 2 heterocycles. The number of carbonyl (C=O) groups excluding carboxylic acids is 4. The zero-order chi connectivity index (χ0) is 16.6. The van der Waals surface area contributed by atoms with Crippen molar-refractivity contribution in [2.24, 2.45) is 0 Å². The average molecular weight is 316 g/mol. The predicted octanol–water partition coefficient (Wildman–Crippen LogP) is 0.575. The molecule has 23 heavy (non-hydrogen) atoms. The van der Waals surface area contributed by atoms with Crippen LogP contribution in [0.25, 0.3) is 0 Å². The van der Waals surface area contributed by atoms with Crippen LogP contribution in [-0.2, 0) is 9.59 Å². The van der Waals surface area contributed by atoms with Gasteiger partial charge in [-0.3, -0.25) is 19.3 Å². The van der Waals surface area contributed by atoms with Gasteiger partial charge >= 0.3 is 17.8 Å². The number of ketones is 1. The molecule has 118 valence electrons. The monoisotopic (exact) mass is 316 g/mol. The van der Waals surface area contributed by atoms with Crippen LogP contribution < -0.4 is 9.47 Å². The summed E-state index contributed by atoms with van der Waals surface area (Å²) in [5.74, 6) is -1.54. The van der Waals surface area contributed by atoms with Crippen LogP contribution in [0, 0.1) is 0 Å². The van der Waals surface area contributed by atoms with E-state index in [0.717, 1.165) is 4.90 Å². The molecule has 0 saturated carbocycles. The van der Waals surface area contributed by atoms with Gasteiger partial charge < -0.3 is 9.47 Å². The van der Waals surface area contributed by atoms with Crippen LogP contribution in [0.4, 0.5) is 4.79 Å². The lowest BCUT2D eigenvalue weighted by molar-refractivity contribution is -0.142. The van der Waals surface area contributed by atoms with E-state index in [1.165, 1.54) is 18.2 Å². The van der Waals surface area contributed by atoms with Crippen LogP contribution in [0.15, 0.2) is 30.9 Å². The average Bonchev–Trinajstić information content (AvgIpc) is 3.09. The van der Waals surface area contributed by atoms with Crippen molar-refractivity contribution in [1.29, 1.82) is 0 Å². The molecule has 0 aliphatic carbocycles. The Bertz CT molecular complexity index is 741. The number of hydrogen-bond acceptors (Lipinski definition) is 6. The molecule has 0 N–H and O–H groups in total. The number of ether oxygens (including phenoxy) is 2. The zero-order valence-electron chi connectivity index (χ0n) is 12.0. The van der Waals surface area contributed by atoms with E-state index in [-0.39, 0.29) is 18.9 Å². The first kappa shape index (κ1) is 14.8. The van der Waals surface area contributed by atoms with Gasteiger partial charge in [0.2, 0.25) is 6.79 Å². The van der Waals surface area contributed by atoms with E-state index >= 15 is 0 Å². The topological polar surface area (TPSA) is 93.2 Å². The molecule has 8 nitrogen and oxygen atoms in total. The van der Waals surface area contributed by atoms with Crippen LogP contribution in [0.5, 0.6) is 11.5 Å². The summed E-state index contributed by atoms with van der Waals surface area (Å²) in [6.45, 7) is 2.88. The van der Waals surface area contributed by atoms with Gasteiger partial charge in [-0.25, -0.2) is 9.69 Å². The molecular weight excluding hydrogens is 304 g/mol. The second kappa shape index (κ2) is 5.56. The van der Waals surface area contributed by atoms with Crippen molar-refractivity contribution in [3.63, 3.8) is 0 Å². The predicted molar refractivity (Wildman–Crippen MR) is 75.9 cm³/mol. The molecule has 2 aliphatic heterocycles. The Morgan fingerprint density at radius 2 is 1.83 bits per heavy atom. The van der Waals surface area contributed by atoms with E-state index in [1.54, 1.807) is 6.07 Å². The number of hydrogen-bond donors (Lipinski definition) is 0. The molecule has 1 saturated heterocycles. The van der Waals surface area contributed by atoms with E-state index in [2.05, 4.69) is 6.58 Å². The van der Waals surface area contributed by atoms with Gasteiger partial charge in [-0.15, -0.1) is 6.58 Å². The fraction of sp³-hybridized carbons (Fsp3) is 0.200. The number of Topliss-reactive ketones (excluding diaryl/α,β-unsaturated/α-hetero) is 1. The number of nitrogens with zero attached hydrogens (tertiary/aromatic N) is 2. The molecule has 0 unspecified atom stereocenters. The molecule has 8 heteroatoms. The largest absolute Gasteiger partial charge is 0.454 e. The minimum atomic E-state index is -1.02. The number of rotatable bonds is 5. The molecular formula is C15H12N2O6. The first-order chi connectivity index (χ1) is 11.0. The summed E-state index contributed by atoms with van der Waals surface area (Å²) < 4.78 is 10.3. The number of imide groups is 2. The third kappa shape index (κ3) is 2.44. The Kier molecular flexibility index (Phi) is 3.57. The first-order valence-corrected chi connectivity index (χ1v) is 6.74. The molecule has 3 rings (SSSR count). The maximum atomic E-state index is 12.3. The second-order valence-corrected chi connectivity index (χ2v) is 4.87. The van der Waals surface area contributed by atoms with Crippen molar-refractivity contribution in [2.75, 3.05) is 19.9 Å². The lowest BCUT2D eigenvalue weighted by atomic mass is 10.1. The summed E-state index contributed by atoms with van der Waals surface area (Å²) >= 11 is 0. The van der Waals surface area contributed by atoms with Gasteiger partial charge in [-0.2, -0.15) is 0 Å². The lowest BCUT2D eigenvalue weighted by Crippen LogP contribution is -2.37. The molecule has 0 atom stereocenters. The third-order valence-corrected chi connectivity index (χ3v) is 3.44. The Labute approximate surface area is 130 Å². The Hall–Kier alpha value is -3.16. The fourth-order valence-corrected chi connectivity index (χ4v) is 2.28.